The van der Waals surface area contributed by atoms with E-state index in [2.05, 4.69) is 49.9 Å². The highest BCUT2D eigenvalue weighted by Gasteiger charge is 2.43. The summed E-state index contributed by atoms with van der Waals surface area (Å²) in [5.74, 6) is 0.536. The fourth-order valence-electron chi connectivity index (χ4n) is 3.06. The number of rotatable bonds is 4. The van der Waals surface area contributed by atoms with E-state index in [1.54, 1.807) is 6.33 Å². The summed E-state index contributed by atoms with van der Waals surface area (Å²) >= 11 is 0. The largest absolute Gasteiger partial charge is 0.382 e. The van der Waals surface area contributed by atoms with Crippen molar-refractivity contribution >= 4 is 22.9 Å². The van der Waals surface area contributed by atoms with Crippen molar-refractivity contribution in [3.05, 3.63) is 42.2 Å². The van der Waals surface area contributed by atoms with E-state index >= 15 is 0 Å². The van der Waals surface area contributed by atoms with Gasteiger partial charge in [-0.05, 0) is 30.2 Å². The highest BCUT2D eigenvalue weighted by Crippen LogP contribution is 2.50. The van der Waals surface area contributed by atoms with E-state index in [4.69, 9.17) is 11.5 Å². The number of nitrogen functional groups attached to an aromatic ring is 2. The smallest absolute Gasteiger partial charge is 0.224 e. The molecule has 4 N–H and O–H groups in total. The third-order valence-corrected chi connectivity index (χ3v) is 4.39. The van der Waals surface area contributed by atoms with Crippen molar-refractivity contribution in [2.45, 2.75) is 25.8 Å². The van der Waals surface area contributed by atoms with Crippen LogP contribution in [-0.4, -0.2) is 19.5 Å². The standard InChI is InChI=1S/C16H18N6/c17-13-12-14(21-15(18)20-13)22(10-19-12)9-16(6-7-16)8-11-4-2-1-3-5-11/h1-5,10H,6-9H2,(H4,17,18,20,21). The molecule has 0 atom stereocenters. The minimum absolute atomic E-state index is 0.194. The Hall–Kier alpha value is -2.63. The van der Waals surface area contributed by atoms with Crippen LogP contribution in [0.4, 0.5) is 11.8 Å². The van der Waals surface area contributed by atoms with Crippen LogP contribution in [0, 0.1) is 5.41 Å². The van der Waals surface area contributed by atoms with E-state index in [1.807, 2.05) is 0 Å². The van der Waals surface area contributed by atoms with E-state index in [1.165, 1.54) is 18.4 Å². The number of nitrogens with zero attached hydrogens (tertiary/aromatic N) is 4. The monoisotopic (exact) mass is 294 g/mol. The van der Waals surface area contributed by atoms with Crippen LogP contribution in [0.3, 0.4) is 0 Å². The molecular weight excluding hydrogens is 276 g/mol. The fourth-order valence-corrected chi connectivity index (χ4v) is 3.06. The molecule has 0 spiro atoms. The van der Waals surface area contributed by atoms with Gasteiger partial charge in [0.1, 0.15) is 5.52 Å². The molecule has 1 fully saturated rings. The van der Waals surface area contributed by atoms with Gasteiger partial charge in [0.05, 0.1) is 6.33 Å². The van der Waals surface area contributed by atoms with Gasteiger partial charge in [0.15, 0.2) is 11.5 Å². The van der Waals surface area contributed by atoms with Crippen molar-refractivity contribution in [3.8, 4) is 0 Å². The molecule has 0 amide bonds. The third kappa shape index (κ3) is 2.26. The molecule has 2 aromatic heterocycles. The van der Waals surface area contributed by atoms with Gasteiger partial charge in [-0.25, -0.2) is 4.98 Å². The predicted octanol–water partition coefficient (Wildman–Crippen LogP) is 2.01. The van der Waals surface area contributed by atoms with Crippen molar-refractivity contribution in [2.75, 3.05) is 11.5 Å². The van der Waals surface area contributed by atoms with E-state index in [0.29, 0.717) is 16.7 Å². The van der Waals surface area contributed by atoms with Crippen molar-refractivity contribution < 1.29 is 0 Å². The number of benzene rings is 1. The quantitative estimate of drug-likeness (QED) is 0.767. The maximum atomic E-state index is 5.87. The summed E-state index contributed by atoms with van der Waals surface area (Å²) in [7, 11) is 0. The number of imidazole rings is 1. The Balaban J connectivity index is 1.64. The van der Waals surface area contributed by atoms with Crippen LogP contribution in [0.15, 0.2) is 36.7 Å². The molecule has 0 radical (unpaired) electrons. The number of hydrogen-bond donors (Lipinski definition) is 2. The molecular formula is C16H18N6. The molecule has 0 aliphatic heterocycles. The van der Waals surface area contributed by atoms with Crippen LogP contribution in [-0.2, 0) is 13.0 Å². The van der Waals surface area contributed by atoms with Crippen molar-refractivity contribution in [2.24, 2.45) is 5.41 Å². The maximum Gasteiger partial charge on any atom is 0.224 e. The average molecular weight is 294 g/mol. The second-order valence-corrected chi connectivity index (χ2v) is 6.17. The molecule has 2 heterocycles. The lowest BCUT2D eigenvalue weighted by molar-refractivity contribution is 0.425. The molecule has 0 unspecified atom stereocenters. The SMILES string of the molecule is Nc1nc(N)c2ncn(CC3(Cc4ccccc4)CC3)c2n1. The highest BCUT2D eigenvalue weighted by atomic mass is 15.2. The Morgan fingerprint density at radius 3 is 2.59 bits per heavy atom. The van der Waals surface area contributed by atoms with Crippen molar-refractivity contribution in [1.82, 2.24) is 19.5 Å². The number of aromatic nitrogens is 4. The lowest BCUT2D eigenvalue weighted by atomic mass is 9.96. The first-order valence-corrected chi connectivity index (χ1v) is 7.43. The maximum absolute atomic E-state index is 5.87. The first-order chi connectivity index (χ1) is 10.7. The van der Waals surface area contributed by atoms with Gasteiger partial charge in [-0.1, -0.05) is 30.3 Å². The van der Waals surface area contributed by atoms with Gasteiger partial charge in [-0.2, -0.15) is 9.97 Å². The van der Waals surface area contributed by atoms with Crippen LogP contribution < -0.4 is 11.5 Å². The summed E-state index contributed by atoms with van der Waals surface area (Å²) in [6, 6.07) is 10.6. The molecule has 0 saturated heterocycles. The predicted molar refractivity (Wildman–Crippen MR) is 86.0 cm³/mol. The van der Waals surface area contributed by atoms with Gasteiger partial charge in [0.2, 0.25) is 5.95 Å². The molecule has 1 aromatic carbocycles. The van der Waals surface area contributed by atoms with Gasteiger partial charge in [0, 0.05) is 6.54 Å². The van der Waals surface area contributed by atoms with Crippen LogP contribution in [0.2, 0.25) is 0 Å². The van der Waals surface area contributed by atoms with E-state index in [0.717, 1.165) is 18.6 Å². The van der Waals surface area contributed by atoms with E-state index < -0.39 is 0 Å². The number of anilines is 2. The van der Waals surface area contributed by atoms with Crippen LogP contribution in [0.1, 0.15) is 18.4 Å². The van der Waals surface area contributed by atoms with Gasteiger partial charge < -0.3 is 16.0 Å². The second-order valence-electron chi connectivity index (χ2n) is 6.17. The number of hydrogen-bond acceptors (Lipinski definition) is 5. The Morgan fingerprint density at radius 1 is 1.09 bits per heavy atom. The molecule has 22 heavy (non-hydrogen) atoms. The first-order valence-electron chi connectivity index (χ1n) is 7.43. The third-order valence-electron chi connectivity index (χ3n) is 4.39. The molecule has 112 valence electrons. The summed E-state index contributed by atoms with van der Waals surface area (Å²) in [6.45, 7) is 0.883. The number of nitrogens with two attached hydrogens (primary N) is 2. The zero-order chi connectivity index (χ0) is 15.2. The molecule has 1 aliphatic carbocycles. The molecule has 0 bridgehead atoms. The zero-order valence-corrected chi connectivity index (χ0v) is 12.2. The van der Waals surface area contributed by atoms with Gasteiger partial charge in [0.25, 0.3) is 0 Å². The molecule has 1 saturated carbocycles. The Kier molecular flexibility index (Phi) is 2.79. The average Bonchev–Trinajstić information content (AvgIpc) is 3.13. The van der Waals surface area contributed by atoms with Crippen molar-refractivity contribution in [3.63, 3.8) is 0 Å². The fraction of sp³-hybridized carbons (Fsp3) is 0.312. The molecule has 6 heteroatoms. The summed E-state index contributed by atoms with van der Waals surface area (Å²) < 4.78 is 2.06. The normalized spacial score (nSPS) is 16.0. The van der Waals surface area contributed by atoms with Gasteiger partial charge in [-0.3, -0.25) is 0 Å². The molecule has 6 nitrogen and oxygen atoms in total. The van der Waals surface area contributed by atoms with E-state index in [-0.39, 0.29) is 5.95 Å². The lowest BCUT2D eigenvalue weighted by Crippen LogP contribution is -2.15. The van der Waals surface area contributed by atoms with Crippen LogP contribution in [0.5, 0.6) is 0 Å². The van der Waals surface area contributed by atoms with Crippen LogP contribution >= 0.6 is 0 Å². The lowest BCUT2D eigenvalue weighted by Gasteiger charge is -2.16. The zero-order valence-electron chi connectivity index (χ0n) is 12.2. The summed E-state index contributed by atoms with van der Waals surface area (Å²) in [4.78, 5) is 12.6. The topological polar surface area (TPSA) is 95.6 Å². The minimum Gasteiger partial charge on any atom is -0.382 e. The summed E-state index contributed by atoms with van der Waals surface area (Å²) in [5, 5.41) is 0. The summed E-state index contributed by atoms with van der Waals surface area (Å²) in [6.07, 6.45) is 5.30. The highest BCUT2D eigenvalue weighted by molar-refractivity contribution is 5.82. The molecule has 1 aliphatic rings. The van der Waals surface area contributed by atoms with Crippen LogP contribution in [0.25, 0.3) is 11.2 Å². The van der Waals surface area contributed by atoms with Gasteiger partial charge in [-0.15, -0.1) is 0 Å². The first kappa shape index (κ1) is 13.1. The van der Waals surface area contributed by atoms with Gasteiger partial charge >= 0.3 is 0 Å². The Morgan fingerprint density at radius 2 is 1.86 bits per heavy atom. The summed E-state index contributed by atoms with van der Waals surface area (Å²) in [5.41, 5.74) is 14.6. The Bertz CT molecular complexity index is 819. The van der Waals surface area contributed by atoms with E-state index in [9.17, 15) is 0 Å². The van der Waals surface area contributed by atoms with Crippen molar-refractivity contribution in [1.29, 1.82) is 0 Å². The molecule has 4 rings (SSSR count). The minimum atomic E-state index is 0.194. The molecule has 3 aromatic rings. The second kappa shape index (κ2) is 4.69. The Labute approximate surface area is 128 Å². The number of fused-ring (bicyclic) bond motifs is 1.